The summed E-state index contributed by atoms with van der Waals surface area (Å²) >= 11 is 3.50. The number of halogens is 1. The molecule has 0 bridgehead atoms. The molecule has 0 saturated heterocycles. The predicted octanol–water partition coefficient (Wildman–Crippen LogP) is 5.42. The highest BCUT2D eigenvalue weighted by atomic mass is 79.9. The lowest BCUT2D eigenvalue weighted by Gasteiger charge is -2.14. The fourth-order valence-electron chi connectivity index (χ4n) is 2.42. The SMILES string of the molecule is O=P(N=CC(Br)=Cc1ccccc1)(c1ccccc1)c1ccccc1. The maximum Gasteiger partial charge on any atom is 0.247 e. The first-order chi connectivity index (χ1) is 12.2. The van der Waals surface area contributed by atoms with Crippen LogP contribution in [0.25, 0.3) is 6.08 Å². The van der Waals surface area contributed by atoms with Gasteiger partial charge in [0.1, 0.15) is 0 Å². The standard InChI is InChI=1S/C21H17BrNOP/c22-19(16-18-10-4-1-5-11-18)17-23-25(24,20-12-6-2-7-13-20)21-14-8-3-9-15-21/h1-17H. The average Bonchev–Trinajstić information content (AvgIpc) is 2.68. The second-order valence-corrected chi connectivity index (χ2v) is 8.76. The normalized spacial score (nSPS) is 12.4. The third kappa shape index (κ3) is 4.45. The van der Waals surface area contributed by atoms with Crippen LogP contribution in [0.2, 0.25) is 0 Å². The summed E-state index contributed by atoms with van der Waals surface area (Å²) in [7, 11) is -3.08. The lowest BCUT2D eigenvalue weighted by atomic mass is 10.2. The van der Waals surface area contributed by atoms with Gasteiger partial charge in [-0.1, -0.05) is 66.7 Å². The number of nitrogens with zero attached hydrogens (tertiary/aromatic N) is 1. The van der Waals surface area contributed by atoms with Crippen LogP contribution in [0.3, 0.4) is 0 Å². The molecule has 25 heavy (non-hydrogen) atoms. The Hall–Kier alpha value is -2.22. The molecule has 0 heterocycles. The van der Waals surface area contributed by atoms with Gasteiger partial charge in [-0.25, -0.2) is 4.76 Å². The zero-order valence-corrected chi connectivity index (χ0v) is 16.0. The van der Waals surface area contributed by atoms with E-state index in [-0.39, 0.29) is 0 Å². The first-order valence-corrected chi connectivity index (χ1v) is 10.3. The molecule has 3 aromatic rings. The molecule has 0 fully saturated rings. The van der Waals surface area contributed by atoms with E-state index in [0.29, 0.717) is 0 Å². The summed E-state index contributed by atoms with van der Waals surface area (Å²) in [5.74, 6) is 0. The average molecular weight is 410 g/mol. The first-order valence-electron chi connectivity index (χ1n) is 7.88. The molecule has 0 N–H and O–H groups in total. The molecule has 0 aromatic heterocycles. The van der Waals surface area contributed by atoms with E-state index in [1.165, 1.54) is 0 Å². The summed E-state index contributed by atoms with van der Waals surface area (Å²) in [6, 6.07) is 28.7. The first kappa shape index (κ1) is 17.6. The topological polar surface area (TPSA) is 29.4 Å². The minimum atomic E-state index is -3.08. The second-order valence-electron chi connectivity index (χ2n) is 5.43. The number of allylic oxidation sites excluding steroid dienone is 1. The molecule has 3 rings (SSSR count). The largest absolute Gasteiger partial charge is 0.288 e. The molecule has 0 saturated carbocycles. The zero-order valence-electron chi connectivity index (χ0n) is 13.5. The maximum atomic E-state index is 13.7. The lowest BCUT2D eigenvalue weighted by molar-refractivity contribution is 0.588. The van der Waals surface area contributed by atoms with Gasteiger partial charge in [-0.15, -0.1) is 0 Å². The predicted molar refractivity (Wildman–Crippen MR) is 112 cm³/mol. The van der Waals surface area contributed by atoms with Crippen molar-refractivity contribution in [1.29, 1.82) is 0 Å². The third-order valence-electron chi connectivity index (χ3n) is 3.66. The molecule has 0 aliphatic heterocycles. The minimum absolute atomic E-state index is 0.720. The molecule has 0 unspecified atom stereocenters. The van der Waals surface area contributed by atoms with Crippen molar-refractivity contribution in [2.45, 2.75) is 0 Å². The van der Waals surface area contributed by atoms with E-state index in [1.54, 1.807) is 6.21 Å². The van der Waals surface area contributed by atoms with Crippen molar-refractivity contribution in [2.24, 2.45) is 4.76 Å². The van der Waals surface area contributed by atoms with E-state index in [4.69, 9.17) is 0 Å². The lowest BCUT2D eigenvalue weighted by Crippen LogP contribution is -2.14. The molecule has 124 valence electrons. The van der Waals surface area contributed by atoms with E-state index in [1.807, 2.05) is 97.1 Å². The fraction of sp³-hybridized carbons (Fsp3) is 0. The molecular weight excluding hydrogens is 393 g/mol. The van der Waals surface area contributed by atoms with Crippen molar-refractivity contribution in [1.82, 2.24) is 0 Å². The Labute approximate surface area is 156 Å². The molecule has 3 aromatic carbocycles. The molecule has 4 heteroatoms. The van der Waals surface area contributed by atoms with Gasteiger partial charge in [-0.05, 0) is 51.8 Å². The Kier molecular flexibility index (Phi) is 5.80. The number of benzene rings is 3. The minimum Gasteiger partial charge on any atom is -0.288 e. The van der Waals surface area contributed by atoms with Gasteiger partial charge in [0.2, 0.25) is 7.29 Å². The Bertz CT molecular complexity index is 878. The summed E-state index contributed by atoms with van der Waals surface area (Å²) in [4.78, 5) is 0. The molecular formula is C21H17BrNOP. The van der Waals surface area contributed by atoms with Crippen LogP contribution in [-0.2, 0) is 4.57 Å². The van der Waals surface area contributed by atoms with Crippen LogP contribution in [0.15, 0.2) is 100 Å². The molecule has 0 amide bonds. The molecule has 0 atom stereocenters. The highest BCUT2D eigenvalue weighted by molar-refractivity contribution is 9.12. The summed E-state index contributed by atoms with van der Waals surface area (Å²) in [6.07, 6.45) is 3.58. The van der Waals surface area contributed by atoms with Crippen molar-refractivity contribution >= 4 is 46.1 Å². The number of hydrogen-bond acceptors (Lipinski definition) is 1. The van der Waals surface area contributed by atoms with Crippen LogP contribution in [0.1, 0.15) is 5.56 Å². The van der Waals surface area contributed by atoms with E-state index < -0.39 is 7.29 Å². The Morgan fingerprint density at radius 2 is 1.20 bits per heavy atom. The van der Waals surface area contributed by atoms with Gasteiger partial charge in [-0.2, -0.15) is 0 Å². The molecule has 0 aliphatic carbocycles. The van der Waals surface area contributed by atoms with Crippen molar-refractivity contribution in [3.05, 3.63) is 101 Å². The van der Waals surface area contributed by atoms with E-state index in [2.05, 4.69) is 20.7 Å². The summed E-state index contributed by atoms with van der Waals surface area (Å²) in [5.41, 5.74) is 1.05. The van der Waals surface area contributed by atoms with Gasteiger partial charge < -0.3 is 0 Å². The molecule has 0 spiro atoms. The van der Waals surface area contributed by atoms with Gasteiger partial charge >= 0.3 is 0 Å². The smallest absolute Gasteiger partial charge is 0.247 e. The highest BCUT2D eigenvalue weighted by Gasteiger charge is 2.25. The van der Waals surface area contributed by atoms with Gasteiger partial charge in [0.05, 0.1) is 0 Å². The van der Waals surface area contributed by atoms with Crippen molar-refractivity contribution in [3.63, 3.8) is 0 Å². The van der Waals surface area contributed by atoms with Crippen LogP contribution in [0.4, 0.5) is 0 Å². The van der Waals surface area contributed by atoms with Crippen LogP contribution >= 0.6 is 23.2 Å². The van der Waals surface area contributed by atoms with E-state index in [9.17, 15) is 4.57 Å². The van der Waals surface area contributed by atoms with Crippen LogP contribution < -0.4 is 10.6 Å². The quantitative estimate of drug-likeness (QED) is 0.408. The van der Waals surface area contributed by atoms with Crippen molar-refractivity contribution < 1.29 is 4.57 Å². The van der Waals surface area contributed by atoms with Crippen LogP contribution in [-0.4, -0.2) is 6.21 Å². The Balaban J connectivity index is 1.99. The van der Waals surface area contributed by atoms with Crippen molar-refractivity contribution in [2.75, 3.05) is 0 Å². The number of hydrogen-bond donors (Lipinski definition) is 0. The fourth-order valence-corrected chi connectivity index (χ4v) is 4.95. The third-order valence-corrected chi connectivity index (χ3v) is 6.53. The van der Waals surface area contributed by atoms with Gasteiger partial charge in [0, 0.05) is 21.3 Å². The summed E-state index contributed by atoms with van der Waals surface area (Å²) < 4.78 is 19.0. The Morgan fingerprint density at radius 1 is 0.760 bits per heavy atom. The highest BCUT2D eigenvalue weighted by Crippen LogP contribution is 2.44. The van der Waals surface area contributed by atoms with Gasteiger partial charge in [0.15, 0.2) is 0 Å². The second kappa shape index (κ2) is 8.24. The summed E-state index contributed by atoms with van der Waals surface area (Å²) in [6.45, 7) is 0. The van der Waals surface area contributed by atoms with Crippen LogP contribution in [0, 0.1) is 0 Å². The van der Waals surface area contributed by atoms with Crippen LogP contribution in [0.5, 0.6) is 0 Å². The zero-order chi connectivity index (χ0) is 17.5. The molecule has 2 nitrogen and oxygen atoms in total. The van der Waals surface area contributed by atoms with E-state index >= 15 is 0 Å². The monoisotopic (exact) mass is 409 g/mol. The Morgan fingerprint density at radius 3 is 1.68 bits per heavy atom. The van der Waals surface area contributed by atoms with Gasteiger partial charge in [0.25, 0.3) is 0 Å². The number of rotatable bonds is 5. The molecule has 0 aliphatic rings. The van der Waals surface area contributed by atoms with Crippen molar-refractivity contribution in [3.8, 4) is 0 Å². The molecule has 0 radical (unpaired) electrons. The van der Waals surface area contributed by atoms with Gasteiger partial charge in [-0.3, -0.25) is 4.57 Å². The summed E-state index contributed by atoms with van der Waals surface area (Å²) in [5, 5.41) is 1.44. The van der Waals surface area contributed by atoms with E-state index in [0.717, 1.165) is 20.7 Å². The maximum absolute atomic E-state index is 13.7.